The molecule has 126 valence electrons. The van der Waals surface area contributed by atoms with Crippen LogP contribution in [0.5, 0.6) is 5.75 Å². The van der Waals surface area contributed by atoms with Gasteiger partial charge in [-0.1, -0.05) is 12.8 Å². The van der Waals surface area contributed by atoms with Crippen molar-refractivity contribution in [1.82, 2.24) is 5.32 Å². The fourth-order valence-electron chi connectivity index (χ4n) is 2.04. The largest absolute Gasteiger partial charge is 0.497 e. The minimum absolute atomic E-state index is 0.0415. The van der Waals surface area contributed by atoms with Gasteiger partial charge < -0.3 is 15.2 Å². The second-order valence-corrected chi connectivity index (χ2v) is 4.95. The Morgan fingerprint density at radius 1 is 1.26 bits per heavy atom. The third-order valence-corrected chi connectivity index (χ3v) is 3.25. The molecular formula is C15H20N2O6. The molecule has 0 aliphatic heterocycles. The van der Waals surface area contributed by atoms with Crippen molar-refractivity contribution in [2.24, 2.45) is 0 Å². The molecule has 23 heavy (non-hydrogen) atoms. The molecule has 0 saturated heterocycles. The number of nitrogens with zero attached hydrogens (tertiary/aromatic N) is 1. The summed E-state index contributed by atoms with van der Waals surface area (Å²) in [5.41, 5.74) is -0.315. The predicted octanol–water partition coefficient (Wildman–Crippen LogP) is 2.37. The molecule has 8 nitrogen and oxygen atoms in total. The number of rotatable bonds is 10. The van der Waals surface area contributed by atoms with Gasteiger partial charge in [-0.3, -0.25) is 19.7 Å². The lowest BCUT2D eigenvalue weighted by atomic mass is 10.1. The van der Waals surface area contributed by atoms with Crippen molar-refractivity contribution in [3.05, 3.63) is 33.9 Å². The highest BCUT2D eigenvalue weighted by molar-refractivity contribution is 5.98. The summed E-state index contributed by atoms with van der Waals surface area (Å²) in [4.78, 5) is 32.8. The first kappa shape index (κ1) is 18.4. The van der Waals surface area contributed by atoms with E-state index in [2.05, 4.69) is 5.32 Å². The minimum Gasteiger partial charge on any atom is -0.497 e. The quantitative estimate of drug-likeness (QED) is 0.387. The molecule has 2 N–H and O–H groups in total. The molecule has 0 fully saturated rings. The average molecular weight is 324 g/mol. The zero-order valence-corrected chi connectivity index (χ0v) is 12.9. The van der Waals surface area contributed by atoms with Gasteiger partial charge in [-0.05, 0) is 25.0 Å². The number of nitro groups is 1. The van der Waals surface area contributed by atoms with Crippen LogP contribution in [0.25, 0.3) is 0 Å². The Bertz CT molecular complexity index is 573. The highest BCUT2D eigenvalue weighted by atomic mass is 16.6. The van der Waals surface area contributed by atoms with E-state index in [4.69, 9.17) is 9.84 Å². The zero-order valence-electron chi connectivity index (χ0n) is 12.9. The summed E-state index contributed by atoms with van der Waals surface area (Å²) in [6, 6.07) is 4.00. The van der Waals surface area contributed by atoms with Crippen molar-refractivity contribution < 1.29 is 24.4 Å². The van der Waals surface area contributed by atoms with E-state index >= 15 is 0 Å². The van der Waals surface area contributed by atoms with Crippen molar-refractivity contribution in [2.45, 2.75) is 32.1 Å². The van der Waals surface area contributed by atoms with Crippen LogP contribution < -0.4 is 10.1 Å². The van der Waals surface area contributed by atoms with Gasteiger partial charge in [0.25, 0.3) is 11.6 Å². The number of benzene rings is 1. The molecule has 1 aromatic carbocycles. The monoisotopic (exact) mass is 324 g/mol. The van der Waals surface area contributed by atoms with E-state index in [0.29, 0.717) is 25.1 Å². The van der Waals surface area contributed by atoms with E-state index in [1.165, 1.54) is 25.3 Å². The van der Waals surface area contributed by atoms with Gasteiger partial charge in [0.1, 0.15) is 11.3 Å². The van der Waals surface area contributed by atoms with Gasteiger partial charge in [-0.15, -0.1) is 0 Å². The normalized spacial score (nSPS) is 10.1. The average Bonchev–Trinajstić information content (AvgIpc) is 2.52. The lowest BCUT2D eigenvalue weighted by Gasteiger charge is -2.07. The number of methoxy groups -OCH3 is 1. The van der Waals surface area contributed by atoms with Gasteiger partial charge >= 0.3 is 5.97 Å². The van der Waals surface area contributed by atoms with Crippen LogP contribution >= 0.6 is 0 Å². The number of hydrogen-bond donors (Lipinski definition) is 2. The number of carboxylic acids is 1. The van der Waals surface area contributed by atoms with Crippen molar-refractivity contribution in [3.63, 3.8) is 0 Å². The van der Waals surface area contributed by atoms with E-state index in [1.807, 2.05) is 0 Å². The van der Waals surface area contributed by atoms with Crippen LogP contribution in [0.4, 0.5) is 5.69 Å². The van der Waals surface area contributed by atoms with E-state index in [1.54, 1.807) is 0 Å². The first-order valence-corrected chi connectivity index (χ1v) is 7.28. The maximum atomic E-state index is 12.1. The van der Waals surface area contributed by atoms with Crippen molar-refractivity contribution in [2.75, 3.05) is 13.7 Å². The first-order valence-electron chi connectivity index (χ1n) is 7.28. The summed E-state index contributed by atoms with van der Waals surface area (Å²) in [5, 5.41) is 22.1. The van der Waals surface area contributed by atoms with Crippen LogP contribution in [0.15, 0.2) is 18.2 Å². The van der Waals surface area contributed by atoms with Crippen LogP contribution in [-0.4, -0.2) is 35.6 Å². The van der Waals surface area contributed by atoms with Gasteiger partial charge in [0.2, 0.25) is 0 Å². The maximum absolute atomic E-state index is 12.1. The number of nitrogens with one attached hydrogen (secondary N) is 1. The number of ether oxygens (including phenoxy) is 1. The Labute approximate surface area is 133 Å². The Morgan fingerprint density at radius 2 is 1.96 bits per heavy atom. The lowest BCUT2D eigenvalue weighted by Crippen LogP contribution is -2.25. The second kappa shape index (κ2) is 9.39. The summed E-state index contributed by atoms with van der Waals surface area (Å²) in [6.07, 6.45) is 2.98. The summed E-state index contributed by atoms with van der Waals surface area (Å²) >= 11 is 0. The number of amides is 1. The number of nitro benzene ring substituents is 1. The molecule has 0 atom stereocenters. The van der Waals surface area contributed by atoms with E-state index < -0.39 is 16.8 Å². The Hall–Kier alpha value is -2.64. The zero-order chi connectivity index (χ0) is 17.2. The number of carbonyl (C=O) groups is 2. The van der Waals surface area contributed by atoms with E-state index in [9.17, 15) is 19.7 Å². The van der Waals surface area contributed by atoms with Crippen LogP contribution in [0.1, 0.15) is 42.5 Å². The molecule has 0 aliphatic rings. The molecule has 0 aromatic heterocycles. The number of unbranched alkanes of at least 4 members (excludes halogenated alkanes) is 3. The van der Waals surface area contributed by atoms with Crippen molar-refractivity contribution in [1.29, 1.82) is 0 Å². The van der Waals surface area contributed by atoms with Gasteiger partial charge in [-0.25, -0.2) is 0 Å². The van der Waals surface area contributed by atoms with E-state index in [-0.39, 0.29) is 17.7 Å². The molecule has 0 unspecified atom stereocenters. The van der Waals surface area contributed by atoms with Crippen LogP contribution in [0.2, 0.25) is 0 Å². The van der Waals surface area contributed by atoms with Crippen molar-refractivity contribution >= 4 is 17.6 Å². The third kappa shape index (κ3) is 6.33. The van der Waals surface area contributed by atoms with Crippen LogP contribution in [-0.2, 0) is 4.79 Å². The van der Waals surface area contributed by atoms with Crippen molar-refractivity contribution in [3.8, 4) is 5.75 Å². The highest BCUT2D eigenvalue weighted by Gasteiger charge is 2.20. The summed E-state index contributed by atoms with van der Waals surface area (Å²) < 4.78 is 4.98. The van der Waals surface area contributed by atoms with Gasteiger partial charge in [0.15, 0.2) is 0 Å². The topological polar surface area (TPSA) is 119 Å². The highest BCUT2D eigenvalue weighted by Crippen LogP contribution is 2.23. The molecule has 0 spiro atoms. The SMILES string of the molecule is COc1ccc([N+](=O)[O-])c(C(=O)NCCCCCCC(=O)O)c1. The molecule has 1 amide bonds. The fourth-order valence-corrected chi connectivity index (χ4v) is 2.04. The lowest BCUT2D eigenvalue weighted by molar-refractivity contribution is -0.385. The summed E-state index contributed by atoms with van der Waals surface area (Å²) in [6.45, 7) is 0.375. The fraction of sp³-hybridized carbons (Fsp3) is 0.467. The Morgan fingerprint density at radius 3 is 2.57 bits per heavy atom. The number of carbonyl (C=O) groups excluding carboxylic acids is 1. The molecule has 0 heterocycles. The summed E-state index contributed by atoms with van der Waals surface area (Å²) in [7, 11) is 1.42. The van der Waals surface area contributed by atoms with E-state index in [0.717, 1.165) is 12.8 Å². The van der Waals surface area contributed by atoms with Crippen LogP contribution in [0, 0.1) is 10.1 Å². The first-order chi connectivity index (χ1) is 11.0. The van der Waals surface area contributed by atoms with Gasteiger partial charge in [0, 0.05) is 19.0 Å². The molecular weight excluding hydrogens is 304 g/mol. The molecule has 8 heteroatoms. The third-order valence-electron chi connectivity index (χ3n) is 3.25. The van der Waals surface area contributed by atoms with Crippen LogP contribution in [0.3, 0.4) is 0 Å². The number of aliphatic carboxylic acids is 1. The predicted molar refractivity (Wildman–Crippen MR) is 82.7 cm³/mol. The standard InChI is InChI=1S/C15H20N2O6/c1-23-11-7-8-13(17(21)22)12(10-11)15(20)16-9-5-3-2-4-6-14(18)19/h7-8,10H,2-6,9H2,1H3,(H,16,20)(H,18,19). The maximum Gasteiger partial charge on any atom is 0.303 e. The number of carboxylic acid groups (broad SMARTS) is 1. The van der Waals surface area contributed by atoms with Gasteiger partial charge in [0.05, 0.1) is 12.0 Å². The molecule has 0 bridgehead atoms. The molecule has 0 aliphatic carbocycles. The second-order valence-electron chi connectivity index (χ2n) is 4.95. The smallest absolute Gasteiger partial charge is 0.303 e. The van der Waals surface area contributed by atoms with Gasteiger partial charge in [-0.2, -0.15) is 0 Å². The molecule has 0 saturated carbocycles. The molecule has 1 aromatic rings. The minimum atomic E-state index is -0.816. The molecule has 0 radical (unpaired) electrons. The Kier molecular flexibility index (Phi) is 7.52. The number of hydrogen-bond acceptors (Lipinski definition) is 5. The molecule has 1 rings (SSSR count). The summed E-state index contributed by atoms with van der Waals surface area (Å²) in [5.74, 6) is -0.973. The Balaban J connectivity index is 2.48.